The molecule has 0 bridgehead atoms. The summed E-state index contributed by atoms with van der Waals surface area (Å²) < 4.78 is 0. The summed E-state index contributed by atoms with van der Waals surface area (Å²) >= 11 is 0. The Bertz CT molecular complexity index is 303. The van der Waals surface area contributed by atoms with E-state index in [1.54, 1.807) is 0 Å². The Kier molecular flexibility index (Phi) is 4.82. The molecule has 1 heterocycles. The first-order chi connectivity index (χ1) is 8.28. The quantitative estimate of drug-likeness (QED) is 0.818. The fourth-order valence-corrected chi connectivity index (χ4v) is 2.66. The highest BCUT2D eigenvalue weighted by Gasteiger charge is 2.49. The fraction of sp³-hybridized carbons (Fsp3) is 0.933. The Hall–Kier alpha value is -0.570. The lowest BCUT2D eigenvalue weighted by Crippen LogP contribution is -2.48. The summed E-state index contributed by atoms with van der Waals surface area (Å²) in [6, 6.07) is 0.302. The highest BCUT2D eigenvalue weighted by atomic mass is 16.2. The van der Waals surface area contributed by atoms with Crippen LogP contribution >= 0.6 is 0 Å². The third-order valence-electron chi connectivity index (χ3n) is 4.72. The van der Waals surface area contributed by atoms with Crippen molar-refractivity contribution in [1.29, 1.82) is 0 Å². The van der Waals surface area contributed by atoms with Crippen LogP contribution in [0.5, 0.6) is 0 Å². The minimum atomic E-state index is -0.378. The molecule has 0 radical (unpaired) electrons. The van der Waals surface area contributed by atoms with Crippen molar-refractivity contribution in [2.75, 3.05) is 0 Å². The molecule has 106 valence electrons. The highest BCUT2D eigenvalue weighted by Crippen LogP contribution is 2.31. The van der Waals surface area contributed by atoms with Gasteiger partial charge in [0.25, 0.3) is 0 Å². The van der Waals surface area contributed by atoms with Gasteiger partial charge in [-0.2, -0.15) is 0 Å². The van der Waals surface area contributed by atoms with Crippen LogP contribution in [-0.4, -0.2) is 28.6 Å². The van der Waals surface area contributed by atoms with E-state index in [-0.39, 0.29) is 17.6 Å². The molecule has 3 heteroatoms. The zero-order valence-electron chi connectivity index (χ0n) is 13.1. The maximum atomic E-state index is 12.7. The number of nitrogens with zero attached hydrogens (tertiary/aromatic N) is 1. The van der Waals surface area contributed by atoms with Crippen LogP contribution in [0.1, 0.15) is 61.3 Å². The molecule has 0 aliphatic carbocycles. The van der Waals surface area contributed by atoms with Gasteiger partial charge in [0.1, 0.15) is 0 Å². The molecule has 18 heavy (non-hydrogen) atoms. The Balaban J connectivity index is 3.02. The predicted molar refractivity (Wildman–Crippen MR) is 76.2 cm³/mol. The normalized spacial score (nSPS) is 32.1. The van der Waals surface area contributed by atoms with E-state index >= 15 is 0 Å². The SMILES string of the molecule is CCC(C)C(C)N1C(=O)C(C)(CC)NC1C(C)C. The standard InChI is InChI=1S/C15H30N2O/c1-8-11(5)12(6)17-13(10(3)4)16-15(7,9-2)14(17)18/h10-13,16H,8-9H2,1-7H3. The summed E-state index contributed by atoms with van der Waals surface area (Å²) in [6.07, 6.45) is 2.13. The third-order valence-corrected chi connectivity index (χ3v) is 4.72. The molecular weight excluding hydrogens is 224 g/mol. The van der Waals surface area contributed by atoms with Crippen molar-refractivity contribution in [2.45, 2.75) is 79.1 Å². The molecule has 1 aliphatic heterocycles. The number of rotatable bonds is 5. The van der Waals surface area contributed by atoms with Crippen LogP contribution in [0.4, 0.5) is 0 Å². The van der Waals surface area contributed by atoms with Crippen molar-refractivity contribution in [3.63, 3.8) is 0 Å². The van der Waals surface area contributed by atoms with Gasteiger partial charge in [0.2, 0.25) is 5.91 Å². The second kappa shape index (κ2) is 5.60. The van der Waals surface area contributed by atoms with Gasteiger partial charge < -0.3 is 4.90 Å². The van der Waals surface area contributed by atoms with E-state index in [0.29, 0.717) is 17.9 Å². The van der Waals surface area contributed by atoms with Crippen LogP contribution in [0.2, 0.25) is 0 Å². The highest BCUT2D eigenvalue weighted by molar-refractivity contribution is 5.88. The summed E-state index contributed by atoms with van der Waals surface area (Å²) in [7, 11) is 0. The van der Waals surface area contributed by atoms with E-state index in [1.165, 1.54) is 0 Å². The van der Waals surface area contributed by atoms with Crippen molar-refractivity contribution in [3.8, 4) is 0 Å². The van der Waals surface area contributed by atoms with Crippen LogP contribution in [-0.2, 0) is 4.79 Å². The first kappa shape index (κ1) is 15.5. The summed E-state index contributed by atoms with van der Waals surface area (Å²) in [6.45, 7) is 15.1. The molecule has 1 aliphatic rings. The van der Waals surface area contributed by atoms with Gasteiger partial charge in [-0.15, -0.1) is 0 Å². The molecule has 1 rings (SSSR count). The molecule has 0 aromatic heterocycles. The number of hydrogen-bond acceptors (Lipinski definition) is 2. The maximum Gasteiger partial charge on any atom is 0.244 e. The van der Waals surface area contributed by atoms with E-state index in [1.807, 2.05) is 6.92 Å². The van der Waals surface area contributed by atoms with E-state index in [0.717, 1.165) is 12.8 Å². The van der Waals surface area contributed by atoms with Crippen LogP contribution in [0.3, 0.4) is 0 Å². The van der Waals surface area contributed by atoms with Gasteiger partial charge in [-0.1, -0.05) is 41.0 Å². The Morgan fingerprint density at radius 1 is 1.28 bits per heavy atom. The lowest BCUT2D eigenvalue weighted by atomic mass is 9.95. The largest absolute Gasteiger partial charge is 0.322 e. The first-order valence-electron chi connectivity index (χ1n) is 7.38. The minimum Gasteiger partial charge on any atom is -0.322 e. The van der Waals surface area contributed by atoms with Crippen molar-refractivity contribution in [3.05, 3.63) is 0 Å². The third kappa shape index (κ3) is 2.56. The Morgan fingerprint density at radius 2 is 1.83 bits per heavy atom. The van der Waals surface area contributed by atoms with Gasteiger partial charge in [0.15, 0.2) is 0 Å². The molecular formula is C15H30N2O. The van der Waals surface area contributed by atoms with Crippen LogP contribution in [0.15, 0.2) is 0 Å². The molecule has 0 aromatic rings. The number of nitrogens with one attached hydrogen (secondary N) is 1. The Morgan fingerprint density at radius 3 is 2.22 bits per heavy atom. The van der Waals surface area contributed by atoms with Gasteiger partial charge in [-0.05, 0) is 32.1 Å². The second-order valence-electron chi connectivity index (χ2n) is 6.36. The molecule has 4 atom stereocenters. The smallest absolute Gasteiger partial charge is 0.244 e. The van der Waals surface area contributed by atoms with Gasteiger partial charge in [-0.3, -0.25) is 10.1 Å². The average molecular weight is 254 g/mol. The Labute approximate surface area is 112 Å². The number of amides is 1. The molecule has 3 nitrogen and oxygen atoms in total. The van der Waals surface area contributed by atoms with Gasteiger partial charge in [-0.25, -0.2) is 0 Å². The second-order valence-corrected chi connectivity index (χ2v) is 6.36. The molecule has 1 fully saturated rings. The van der Waals surface area contributed by atoms with E-state index in [2.05, 4.69) is 51.8 Å². The molecule has 1 saturated heterocycles. The lowest BCUT2D eigenvalue weighted by molar-refractivity contribution is -0.136. The van der Waals surface area contributed by atoms with Crippen LogP contribution < -0.4 is 5.32 Å². The zero-order chi connectivity index (χ0) is 14.1. The summed E-state index contributed by atoms with van der Waals surface area (Å²) in [4.78, 5) is 14.8. The van der Waals surface area contributed by atoms with Crippen molar-refractivity contribution in [1.82, 2.24) is 10.2 Å². The van der Waals surface area contributed by atoms with E-state index < -0.39 is 0 Å². The van der Waals surface area contributed by atoms with Crippen LogP contribution in [0, 0.1) is 11.8 Å². The van der Waals surface area contributed by atoms with Crippen molar-refractivity contribution < 1.29 is 4.79 Å². The maximum absolute atomic E-state index is 12.7. The number of hydrogen-bond donors (Lipinski definition) is 1. The summed E-state index contributed by atoms with van der Waals surface area (Å²) in [5.74, 6) is 1.25. The first-order valence-corrected chi connectivity index (χ1v) is 7.38. The van der Waals surface area contributed by atoms with E-state index in [4.69, 9.17) is 0 Å². The molecule has 4 unspecified atom stereocenters. The van der Waals surface area contributed by atoms with Gasteiger partial charge in [0.05, 0.1) is 11.7 Å². The molecule has 0 aromatic carbocycles. The van der Waals surface area contributed by atoms with Crippen LogP contribution in [0.25, 0.3) is 0 Å². The van der Waals surface area contributed by atoms with Gasteiger partial charge in [0, 0.05) is 6.04 Å². The topological polar surface area (TPSA) is 32.3 Å². The van der Waals surface area contributed by atoms with E-state index in [9.17, 15) is 4.79 Å². The monoisotopic (exact) mass is 254 g/mol. The lowest BCUT2D eigenvalue weighted by Gasteiger charge is -2.35. The molecule has 1 amide bonds. The molecule has 0 saturated carbocycles. The van der Waals surface area contributed by atoms with Gasteiger partial charge >= 0.3 is 0 Å². The minimum absolute atomic E-state index is 0.173. The number of carbonyl (C=O) groups excluding carboxylic acids is 1. The summed E-state index contributed by atoms with van der Waals surface area (Å²) in [5.41, 5.74) is -0.378. The number of carbonyl (C=O) groups is 1. The summed E-state index contributed by atoms with van der Waals surface area (Å²) in [5, 5.41) is 3.55. The van der Waals surface area contributed by atoms with Crippen molar-refractivity contribution in [2.24, 2.45) is 11.8 Å². The molecule has 0 spiro atoms. The average Bonchev–Trinajstić information content (AvgIpc) is 2.61. The van der Waals surface area contributed by atoms with Crippen molar-refractivity contribution >= 4 is 5.91 Å². The molecule has 1 N–H and O–H groups in total. The fourth-order valence-electron chi connectivity index (χ4n) is 2.66. The predicted octanol–water partition coefficient (Wildman–Crippen LogP) is 3.00. The zero-order valence-corrected chi connectivity index (χ0v) is 13.1.